The number of pyridine rings is 1. The van der Waals surface area contributed by atoms with Crippen molar-refractivity contribution in [3.05, 3.63) is 69.1 Å². The van der Waals surface area contributed by atoms with Gasteiger partial charge in [-0.15, -0.1) is 10.2 Å². The van der Waals surface area contributed by atoms with E-state index in [4.69, 9.17) is 0 Å². The van der Waals surface area contributed by atoms with E-state index in [1.807, 2.05) is 6.92 Å². The third kappa shape index (κ3) is 4.85. The molecule has 2 N–H and O–H groups in total. The average Bonchev–Trinajstić information content (AvgIpc) is 3.03. The number of rotatable bonds is 5. The second kappa shape index (κ2) is 7.92. The zero-order chi connectivity index (χ0) is 19.4. The van der Waals surface area contributed by atoms with Crippen LogP contribution in [-0.4, -0.2) is 26.6 Å². The second-order valence-electron chi connectivity index (χ2n) is 5.88. The first-order valence-electron chi connectivity index (χ1n) is 8.09. The molecule has 0 saturated carbocycles. The summed E-state index contributed by atoms with van der Waals surface area (Å²) < 4.78 is 1.34. The second-order valence-corrected chi connectivity index (χ2v) is 7.06. The van der Waals surface area contributed by atoms with Crippen LogP contribution in [0.25, 0.3) is 0 Å². The van der Waals surface area contributed by atoms with Crippen LogP contribution in [0.15, 0.2) is 47.4 Å². The van der Waals surface area contributed by atoms with Gasteiger partial charge in [-0.1, -0.05) is 17.4 Å². The first-order chi connectivity index (χ1) is 12.9. The van der Waals surface area contributed by atoms with Crippen molar-refractivity contribution in [1.82, 2.24) is 14.8 Å². The van der Waals surface area contributed by atoms with Crippen molar-refractivity contribution in [1.29, 1.82) is 0 Å². The molecular formula is C18H17N5O3S. The maximum absolute atomic E-state index is 12.2. The molecule has 0 atom stereocenters. The molecule has 0 radical (unpaired) electrons. The van der Waals surface area contributed by atoms with E-state index in [2.05, 4.69) is 20.8 Å². The molecule has 2 aromatic heterocycles. The predicted molar refractivity (Wildman–Crippen MR) is 103 cm³/mol. The smallest absolute Gasteiger partial charge is 0.257 e. The third-order valence-corrected chi connectivity index (χ3v) is 4.38. The molecule has 3 rings (SSSR count). The van der Waals surface area contributed by atoms with Crippen LogP contribution in [0.4, 0.5) is 10.8 Å². The van der Waals surface area contributed by atoms with Crippen LogP contribution in [0.3, 0.4) is 0 Å². The Hall–Kier alpha value is -3.33. The van der Waals surface area contributed by atoms with E-state index in [0.29, 0.717) is 16.4 Å². The Bertz CT molecular complexity index is 1040. The molecule has 0 aliphatic rings. The van der Waals surface area contributed by atoms with Crippen LogP contribution in [0.1, 0.15) is 20.9 Å². The fourth-order valence-electron chi connectivity index (χ4n) is 2.35. The van der Waals surface area contributed by atoms with Gasteiger partial charge in [-0.3, -0.25) is 19.7 Å². The van der Waals surface area contributed by atoms with Crippen molar-refractivity contribution in [2.45, 2.75) is 20.4 Å². The lowest BCUT2D eigenvalue weighted by atomic mass is 10.2. The lowest BCUT2D eigenvalue weighted by Crippen LogP contribution is -2.26. The van der Waals surface area contributed by atoms with E-state index in [1.54, 1.807) is 43.5 Å². The van der Waals surface area contributed by atoms with Gasteiger partial charge >= 0.3 is 0 Å². The molecule has 0 bridgehead atoms. The molecule has 8 nitrogen and oxygen atoms in total. The van der Waals surface area contributed by atoms with E-state index in [-0.39, 0.29) is 23.9 Å². The molecule has 2 heterocycles. The molecule has 2 amide bonds. The topological polar surface area (TPSA) is 106 Å². The van der Waals surface area contributed by atoms with Gasteiger partial charge in [-0.05, 0) is 43.7 Å². The van der Waals surface area contributed by atoms with E-state index in [9.17, 15) is 14.4 Å². The zero-order valence-electron chi connectivity index (χ0n) is 14.7. The number of anilines is 2. The molecule has 0 spiro atoms. The third-order valence-electron chi connectivity index (χ3n) is 3.62. The van der Waals surface area contributed by atoms with Gasteiger partial charge in [0.25, 0.3) is 11.5 Å². The summed E-state index contributed by atoms with van der Waals surface area (Å²) in [5.41, 5.74) is 1.61. The molecular weight excluding hydrogens is 366 g/mol. The fourth-order valence-corrected chi connectivity index (χ4v) is 2.94. The van der Waals surface area contributed by atoms with Gasteiger partial charge in [0.2, 0.25) is 11.0 Å². The Kier molecular flexibility index (Phi) is 5.41. The molecule has 0 unspecified atom stereocenters. The normalized spacial score (nSPS) is 10.4. The number of amides is 2. The summed E-state index contributed by atoms with van der Waals surface area (Å²) in [4.78, 5) is 36.1. The average molecular weight is 383 g/mol. The Morgan fingerprint density at radius 3 is 2.44 bits per heavy atom. The van der Waals surface area contributed by atoms with Gasteiger partial charge in [0.05, 0.1) is 0 Å². The molecule has 3 aromatic rings. The first kappa shape index (κ1) is 18.5. The summed E-state index contributed by atoms with van der Waals surface area (Å²) in [6.45, 7) is 3.56. The molecule has 1 aromatic carbocycles. The number of carbonyl (C=O) groups is 2. The number of hydrogen-bond donors (Lipinski definition) is 2. The Morgan fingerprint density at radius 1 is 1.04 bits per heavy atom. The van der Waals surface area contributed by atoms with Crippen LogP contribution < -0.4 is 16.2 Å². The molecule has 0 fully saturated rings. The number of aromatic nitrogens is 3. The minimum atomic E-state index is -0.329. The molecule has 0 aliphatic heterocycles. The number of carbonyl (C=O) groups excluding carboxylic acids is 2. The molecule has 0 aliphatic carbocycles. The first-order valence-corrected chi connectivity index (χ1v) is 8.91. The number of nitrogens with zero attached hydrogens (tertiary/aromatic N) is 3. The molecule has 0 saturated heterocycles. The maximum atomic E-state index is 12.2. The standard InChI is InChI=1S/C18H17N5O3S/c1-11-3-8-16(25)23(9-11)10-15(24)19-14-6-4-13(5-7-14)17(26)20-18-22-21-12(2)27-18/h3-9H,10H2,1-2H3,(H,19,24)(H,20,22,26). The number of benzene rings is 1. The minimum absolute atomic E-state index is 0.0842. The Balaban J connectivity index is 1.61. The highest BCUT2D eigenvalue weighted by atomic mass is 32.1. The van der Waals surface area contributed by atoms with E-state index in [1.165, 1.54) is 22.0 Å². The SMILES string of the molecule is Cc1ccc(=O)n(CC(=O)Nc2ccc(C(=O)Nc3nnc(C)s3)cc2)c1. The minimum Gasteiger partial charge on any atom is -0.325 e. The summed E-state index contributed by atoms with van der Waals surface area (Å²) in [7, 11) is 0. The highest BCUT2D eigenvalue weighted by Gasteiger charge is 2.10. The van der Waals surface area contributed by atoms with E-state index in [0.717, 1.165) is 10.6 Å². The Morgan fingerprint density at radius 2 is 1.78 bits per heavy atom. The van der Waals surface area contributed by atoms with Crippen molar-refractivity contribution < 1.29 is 9.59 Å². The lowest BCUT2D eigenvalue weighted by Gasteiger charge is -2.08. The maximum Gasteiger partial charge on any atom is 0.257 e. The van der Waals surface area contributed by atoms with Gasteiger partial charge in [0.1, 0.15) is 11.6 Å². The quantitative estimate of drug-likeness (QED) is 0.703. The molecule has 9 heteroatoms. The van der Waals surface area contributed by atoms with Gasteiger partial charge in [0.15, 0.2) is 0 Å². The lowest BCUT2D eigenvalue weighted by molar-refractivity contribution is -0.116. The van der Waals surface area contributed by atoms with E-state index >= 15 is 0 Å². The fraction of sp³-hybridized carbons (Fsp3) is 0.167. The number of hydrogen-bond acceptors (Lipinski definition) is 6. The Labute approximate surface area is 158 Å². The highest BCUT2D eigenvalue weighted by Crippen LogP contribution is 2.16. The van der Waals surface area contributed by atoms with Gasteiger partial charge < -0.3 is 9.88 Å². The van der Waals surface area contributed by atoms with Crippen molar-refractivity contribution in [2.75, 3.05) is 10.6 Å². The van der Waals surface area contributed by atoms with Crippen molar-refractivity contribution in [3.63, 3.8) is 0 Å². The van der Waals surface area contributed by atoms with Gasteiger partial charge in [-0.25, -0.2) is 0 Å². The molecule has 138 valence electrons. The van der Waals surface area contributed by atoms with Crippen LogP contribution in [0.2, 0.25) is 0 Å². The molecule has 27 heavy (non-hydrogen) atoms. The van der Waals surface area contributed by atoms with Crippen LogP contribution >= 0.6 is 11.3 Å². The summed E-state index contributed by atoms with van der Waals surface area (Å²) >= 11 is 1.29. The summed E-state index contributed by atoms with van der Waals surface area (Å²) in [6.07, 6.45) is 1.63. The number of nitrogens with one attached hydrogen (secondary N) is 2. The summed E-state index contributed by atoms with van der Waals surface area (Å²) in [5, 5.41) is 14.2. The van der Waals surface area contributed by atoms with Crippen LogP contribution in [0, 0.1) is 13.8 Å². The predicted octanol–water partition coefficient (Wildman–Crippen LogP) is 2.21. The van der Waals surface area contributed by atoms with Gasteiger partial charge in [0, 0.05) is 23.5 Å². The number of aryl methyl sites for hydroxylation is 2. The van der Waals surface area contributed by atoms with Crippen molar-refractivity contribution >= 4 is 34.0 Å². The van der Waals surface area contributed by atoms with Crippen molar-refractivity contribution in [3.8, 4) is 0 Å². The van der Waals surface area contributed by atoms with Gasteiger partial charge in [-0.2, -0.15) is 0 Å². The van der Waals surface area contributed by atoms with Crippen LogP contribution in [-0.2, 0) is 11.3 Å². The highest BCUT2D eigenvalue weighted by molar-refractivity contribution is 7.15. The monoisotopic (exact) mass is 383 g/mol. The van der Waals surface area contributed by atoms with Crippen molar-refractivity contribution in [2.24, 2.45) is 0 Å². The zero-order valence-corrected chi connectivity index (χ0v) is 15.5. The summed E-state index contributed by atoms with van der Waals surface area (Å²) in [6, 6.07) is 9.56. The van der Waals surface area contributed by atoms with E-state index < -0.39 is 0 Å². The largest absolute Gasteiger partial charge is 0.325 e. The van der Waals surface area contributed by atoms with Crippen LogP contribution in [0.5, 0.6) is 0 Å². The summed E-state index contributed by atoms with van der Waals surface area (Å²) in [5.74, 6) is -0.639.